The van der Waals surface area contributed by atoms with Gasteiger partial charge in [-0.2, -0.15) is 0 Å². The maximum atomic E-state index is 12.9. The first-order valence-electron chi connectivity index (χ1n) is 8.68. The predicted molar refractivity (Wildman–Crippen MR) is 98.4 cm³/mol. The van der Waals surface area contributed by atoms with E-state index in [0.29, 0.717) is 11.1 Å². The summed E-state index contributed by atoms with van der Waals surface area (Å²) >= 11 is 1.61. The van der Waals surface area contributed by atoms with Gasteiger partial charge in [-0.05, 0) is 55.5 Å². The third-order valence-electron chi connectivity index (χ3n) is 4.61. The van der Waals surface area contributed by atoms with Crippen molar-refractivity contribution in [1.82, 2.24) is 9.55 Å². The number of hydrogen-bond acceptors (Lipinski definition) is 5. The molecule has 0 saturated carbocycles. The van der Waals surface area contributed by atoms with E-state index in [4.69, 9.17) is 4.74 Å². The topological polar surface area (TPSA) is 64.4 Å². The lowest BCUT2D eigenvalue weighted by Crippen LogP contribution is -2.30. The Morgan fingerprint density at radius 2 is 2.04 bits per heavy atom. The second-order valence-electron chi connectivity index (χ2n) is 6.51. The molecule has 2 heterocycles. The molecule has 0 spiro atoms. The van der Waals surface area contributed by atoms with E-state index >= 15 is 0 Å². The largest absolute Gasteiger partial charge is 0.491 e. The van der Waals surface area contributed by atoms with Gasteiger partial charge in [-0.3, -0.25) is 9.36 Å². The van der Waals surface area contributed by atoms with Gasteiger partial charge in [-0.15, -0.1) is 11.3 Å². The maximum Gasteiger partial charge on any atom is 0.262 e. The summed E-state index contributed by atoms with van der Waals surface area (Å²) in [5.41, 5.74) is 1.04. The average molecular weight is 374 g/mol. The minimum atomic E-state index is -0.869. The van der Waals surface area contributed by atoms with Gasteiger partial charge < -0.3 is 9.84 Å². The molecule has 26 heavy (non-hydrogen) atoms. The molecule has 1 aliphatic carbocycles. The van der Waals surface area contributed by atoms with Crippen LogP contribution in [0.3, 0.4) is 0 Å². The smallest absolute Gasteiger partial charge is 0.262 e. The molecule has 1 aliphatic rings. The molecule has 0 fully saturated rings. The van der Waals surface area contributed by atoms with Crippen molar-refractivity contribution < 1.29 is 14.2 Å². The molecule has 0 bridgehead atoms. The highest BCUT2D eigenvalue weighted by Gasteiger charge is 2.20. The fourth-order valence-electron chi connectivity index (χ4n) is 3.31. The maximum absolute atomic E-state index is 12.9. The van der Waals surface area contributed by atoms with Crippen LogP contribution in [0.1, 0.15) is 23.3 Å². The molecule has 136 valence electrons. The Hall–Kier alpha value is -2.25. The minimum Gasteiger partial charge on any atom is -0.491 e. The van der Waals surface area contributed by atoms with Crippen LogP contribution in [0.25, 0.3) is 10.2 Å². The van der Waals surface area contributed by atoms with E-state index in [9.17, 15) is 14.3 Å². The molecule has 0 amide bonds. The lowest BCUT2D eigenvalue weighted by Gasteiger charge is -2.14. The van der Waals surface area contributed by atoms with Gasteiger partial charge in [0.15, 0.2) is 0 Å². The number of fused-ring (bicyclic) bond motifs is 3. The van der Waals surface area contributed by atoms with Crippen LogP contribution in [0.4, 0.5) is 4.39 Å². The summed E-state index contributed by atoms with van der Waals surface area (Å²) in [6.07, 6.45) is 4.82. The van der Waals surface area contributed by atoms with Crippen LogP contribution in [-0.4, -0.2) is 27.4 Å². The molecule has 7 heteroatoms. The number of ether oxygens (including phenoxy) is 1. The van der Waals surface area contributed by atoms with Crippen molar-refractivity contribution in [2.75, 3.05) is 6.61 Å². The minimum absolute atomic E-state index is 0.0118. The van der Waals surface area contributed by atoms with E-state index in [1.807, 2.05) is 0 Å². The zero-order valence-electron chi connectivity index (χ0n) is 14.2. The summed E-state index contributed by atoms with van der Waals surface area (Å²) in [6.45, 7) is 0.117. The van der Waals surface area contributed by atoms with E-state index in [-0.39, 0.29) is 24.5 Å². The van der Waals surface area contributed by atoms with Crippen LogP contribution in [0, 0.1) is 5.82 Å². The molecular weight excluding hydrogens is 355 g/mol. The van der Waals surface area contributed by atoms with Gasteiger partial charge in [-0.1, -0.05) is 0 Å². The fourth-order valence-corrected chi connectivity index (χ4v) is 4.53. The van der Waals surface area contributed by atoms with E-state index in [1.54, 1.807) is 11.3 Å². The third-order valence-corrected chi connectivity index (χ3v) is 5.81. The monoisotopic (exact) mass is 374 g/mol. The lowest BCUT2D eigenvalue weighted by molar-refractivity contribution is 0.0914. The normalized spacial score (nSPS) is 15.0. The number of nitrogens with zero attached hydrogens (tertiary/aromatic N) is 2. The Morgan fingerprint density at radius 3 is 2.85 bits per heavy atom. The van der Waals surface area contributed by atoms with Crippen molar-refractivity contribution in [3.05, 3.63) is 57.2 Å². The lowest BCUT2D eigenvalue weighted by atomic mass is 9.97. The molecule has 1 aromatic carbocycles. The van der Waals surface area contributed by atoms with Gasteiger partial charge in [0.2, 0.25) is 0 Å². The number of thiophene rings is 1. The van der Waals surface area contributed by atoms with Crippen LogP contribution >= 0.6 is 11.3 Å². The number of benzene rings is 1. The van der Waals surface area contributed by atoms with Crippen molar-refractivity contribution in [2.24, 2.45) is 0 Å². The van der Waals surface area contributed by atoms with Crippen LogP contribution in [0.5, 0.6) is 5.75 Å². The Bertz CT molecular complexity index is 981. The summed E-state index contributed by atoms with van der Waals surface area (Å²) in [6, 6.07) is 5.59. The van der Waals surface area contributed by atoms with Gasteiger partial charge in [0, 0.05) is 4.88 Å². The number of aryl methyl sites for hydroxylation is 2. The Kier molecular flexibility index (Phi) is 4.74. The number of hydrogen-bond donors (Lipinski definition) is 1. The van der Waals surface area contributed by atoms with Gasteiger partial charge in [0.1, 0.15) is 29.1 Å². The number of aliphatic hydroxyl groups is 1. The molecule has 1 atom stereocenters. The van der Waals surface area contributed by atoms with Gasteiger partial charge in [0.25, 0.3) is 5.56 Å². The molecule has 0 radical (unpaired) electrons. The summed E-state index contributed by atoms with van der Waals surface area (Å²) in [5.74, 6) is 0.126. The molecule has 0 unspecified atom stereocenters. The highest BCUT2D eigenvalue weighted by Crippen LogP contribution is 2.33. The summed E-state index contributed by atoms with van der Waals surface area (Å²) in [4.78, 5) is 19.3. The zero-order valence-corrected chi connectivity index (χ0v) is 15.0. The SMILES string of the molecule is O=c1c2c3c(sc2ncn1C[C@H](O)COc1ccc(F)cc1)CCCC3. The van der Waals surface area contributed by atoms with Crippen molar-refractivity contribution in [2.45, 2.75) is 38.3 Å². The van der Waals surface area contributed by atoms with Gasteiger partial charge >= 0.3 is 0 Å². The zero-order chi connectivity index (χ0) is 18.1. The molecule has 2 aromatic heterocycles. The van der Waals surface area contributed by atoms with Crippen LogP contribution in [-0.2, 0) is 19.4 Å². The van der Waals surface area contributed by atoms with Gasteiger partial charge in [-0.25, -0.2) is 9.37 Å². The summed E-state index contributed by atoms with van der Waals surface area (Å²) in [7, 11) is 0. The standard InChI is InChI=1S/C19H19FN2O3S/c20-12-5-7-14(8-6-12)25-10-13(23)9-22-11-21-18-17(19(22)24)15-3-1-2-4-16(15)26-18/h5-8,11,13,23H,1-4,9-10H2/t13-/m0/s1. The second kappa shape index (κ2) is 7.17. The van der Waals surface area contributed by atoms with E-state index < -0.39 is 6.10 Å². The first-order valence-corrected chi connectivity index (χ1v) is 9.49. The van der Waals surface area contributed by atoms with Crippen LogP contribution in [0.15, 0.2) is 35.4 Å². The fraction of sp³-hybridized carbons (Fsp3) is 0.368. The molecule has 1 N–H and O–H groups in total. The van der Waals surface area contributed by atoms with Crippen molar-refractivity contribution >= 4 is 21.6 Å². The molecule has 4 rings (SSSR count). The number of aliphatic hydroxyl groups excluding tert-OH is 1. The van der Waals surface area contributed by atoms with Crippen molar-refractivity contribution in [3.8, 4) is 5.75 Å². The Balaban J connectivity index is 1.50. The van der Waals surface area contributed by atoms with Gasteiger partial charge in [0.05, 0.1) is 18.3 Å². The van der Waals surface area contributed by atoms with E-state index in [2.05, 4.69) is 4.98 Å². The molecule has 0 saturated heterocycles. The highest BCUT2D eigenvalue weighted by atomic mass is 32.1. The van der Waals surface area contributed by atoms with Crippen molar-refractivity contribution in [3.63, 3.8) is 0 Å². The number of aromatic nitrogens is 2. The Labute approximate surface area is 153 Å². The highest BCUT2D eigenvalue weighted by molar-refractivity contribution is 7.18. The summed E-state index contributed by atoms with van der Waals surface area (Å²) < 4.78 is 19.8. The van der Waals surface area contributed by atoms with Crippen LogP contribution in [0.2, 0.25) is 0 Å². The number of rotatable bonds is 5. The molecule has 5 nitrogen and oxygen atoms in total. The number of halogens is 1. The van der Waals surface area contributed by atoms with Crippen LogP contribution < -0.4 is 10.3 Å². The first-order chi connectivity index (χ1) is 12.6. The average Bonchev–Trinajstić information content (AvgIpc) is 3.03. The van der Waals surface area contributed by atoms with E-state index in [0.717, 1.165) is 36.1 Å². The van der Waals surface area contributed by atoms with E-state index in [1.165, 1.54) is 40.0 Å². The summed E-state index contributed by atoms with van der Waals surface area (Å²) in [5, 5.41) is 10.9. The molecule has 0 aliphatic heterocycles. The quantitative estimate of drug-likeness (QED) is 0.746. The first kappa shape index (κ1) is 17.2. The molecule has 3 aromatic rings. The third kappa shape index (κ3) is 3.37. The van der Waals surface area contributed by atoms with Crippen molar-refractivity contribution in [1.29, 1.82) is 0 Å². The Morgan fingerprint density at radius 1 is 1.27 bits per heavy atom. The predicted octanol–water partition coefficient (Wildman–Crippen LogP) is 2.92. The second-order valence-corrected chi connectivity index (χ2v) is 7.60. The molecular formula is C19H19FN2O3S.